The van der Waals surface area contributed by atoms with Crippen molar-refractivity contribution >= 4 is 0 Å². The summed E-state index contributed by atoms with van der Waals surface area (Å²) in [5.41, 5.74) is 0. The number of nitrogens with zero attached hydrogens (tertiary/aromatic N) is 1. The number of hydrogen-bond donors (Lipinski definition) is 1. The first kappa shape index (κ1) is 9.34. The second-order valence-corrected chi connectivity index (χ2v) is 4.21. The van der Waals surface area contributed by atoms with E-state index in [2.05, 4.69) is 5.32 Å². The minimum absolute atomic E-state index is 0.0207. The molecule has 1 N–H and O–H groups in total. The van der Waals surface area contributed by atoms with Gasteiger partial charge in [-0.3, -0.25) is 4.90 Å². The van der Waals surface area contributed by atoms with Crippen molar-refractivity contribution in [3.8, 4) is 0 Å². The molecular formula is C9H16F2N2. The Bertz CT molecular complexity index is 170. The maximum Gasteiger partial charge on any atom is 0.272 e. The lowest BCUT2D eigenvalue weighted by Gasteiger charge is -2.39. The van der Waals surface area contributed by atoms with E-state index in [1.807, 2.05) is 4.90 Å². The highest BCUT2D eigenvalue weighted by Crippen LogP contribution is 2.27. The lowest BCUT2D eigenvalue weighted by Crippen LogP contribution is -2.56. The lowest BCUT2D eigenvalue weighted by molar-refractivity contribution is -0.131. The number of alkyl halides is 2. The molecule has 2 rings (SSSR count). The van der Waals surface area contributed by atoms with E-state index in [1.54, 1.807) is 0 Å². The van der Waals surface area contributed by atoms with Gasteiger partial charge in [-0.2, -0.15) is 0 Å². The standard InChI is InChI=1S/C9H16F2N2/c10-9(11)6-13(7-9)4-2-8-1-3-12-5-8/h8,12H,1-7H2. The number of halogens is 2. The molecule has 1 atom stereocenters. The smallest absolute Gasteiger partial charge is 0.272 e. The predicted octanol–water partition coefficient (Wildman–Crippen LogP) is 0.937. The molecule has 0 radical (unpaired) electrons. The molecule has 4 heteroatoms. The van der Waals surface area contributed by atoms with Gasteiger partial charge in [0.05, 0.1) is 13.1 Å². The van der Waals surface area contributed by atoms with Gasteiger partial charge in [0.2, 0.25) is 0 Å². The molecule has 0 spiro atoms. The first-order valence-electron chi connectivity index (χ1n) is 4.97. The maximum absolute atomic E-state index is 12.4. The van der Waals surface area contributed by atoms with Crippen molar-refractivity contribution in [1.82, 2.24) is 10.2 Å². The Morgan fingerprint density at radius 3 is 2.69 bits per heavy atom. The summed E-state index contributed by atoms with van der Waals surface area (Å²) in [6.45, 7) is 2.98. The van der Waals surface area contributed by atoms with Gasteiger partial charge in [0.15, 0.2) is 0 Å². The van der Waals surface area contributed by atoms with E-state index < -0.39 is 5.92 Å². The Hall–Kier alpha value is -0.220. The van der Waals surface area contributed by atoms with Gasteiger partial charge in [0, 0.05) is 0 Å². The average molecular weight is 190 g/mol. The molecule has 2 nitrogen and oxygen atoms in total. The monoisotopic (exact) mass is 190 g/mol. The summed E-state index contributed by atoms with van der Waals surface area (Å²) >= 11 is 0. The average Bonchev–Trinajstić information content (AvgIpc) is 2.48. The van der Waals surface area contributed by atoms with E-state index in [4.69, 9.17) is 0 Å². The van der Waals surface area contributed by atoms with E-state index in [0.717, 1.165) is 26.1 Å². The molecule has 2 aliphatic heterocycles. The Morgan fingerprint density at radius 2 is 2.15 bits per heavy atom. The molecule has 2 heterocycles. The van der Waals surface area contributed by atoms with Crippen molar-refractivity contribution in [2.75, 3.05) is 32.7 Å². The third-order valence-electron chi connectivity index (χ3n) is 2.93. The molecule has 0 aromatic rings. The van der Waals surface area contributed by atoms with Crippen LogP contribution in [0.15, 0.2) is 0 Å². The van der Waals surface area contributed by atoms with Crippen LogP contribution >= 0.6 is 0 Å². The molecule has 0 amide bonds. The van der Waals surface area contributed by atoms with Gasteiger partial charge in [-0.05, 0) is 38.4 Å². The van der Waals surface area contributed by atoms with Crippen LogP contribution in [0, 0.1) is 5.92 Å². The zero-order valence-corrected chi connectivity index (χ0v) is 7.73. The van der Waals surface area contributed by atoms with Crippen LogP contribution in [0.1, 0.15) is 12.8 Å². The summed E-state index contributed by atoms with van der Waals surface area (Å²) in [4.78, 5) is 1.85. The summed E-state index contributed by atoms with van der Waals surface area (Å²) in [6.07, 6.45) is 2.29. The fourth-order valence-electron chi connectivity index (χ4n) is 2.09. The van der Waals surface area contributed by atoms with Gasteiger partial charge >= 0.3 is 0 Å². The Kier molecular flexibility index (Phi) is 2.51. The maximum atomic E-state index is 12.4. The Balaban J connectivity index is 1.59. The molecule has 2 fully saturated rings. The number of hydrogen-bond acceptors (Lipinski definition) is 2. The highest BCUT2D eigenvalue weighted by atomic mass is 19.3. The molecular weight excluding hydrogens is 174 g/mol. The molecule has 13 heavy (non-hydrogen) atoms. The first-order valence-corrected chi connectivity index (χ1v) is 4.97. The van der Waals surface area contributed by atoms with Gasteiger partial charge in [-0.1, -0.05) is 0 Å². The fourth-order valence-corrected chi connectivity index (χ4v) is 2.09. The van der Waals surface area contributed by atoms with E-state index in [-0.39, 0.29) is 13.1 Å². The molecule has 2 aliphatic rings. The van der Waals surface area contributed by atoms with Crippen LogP contribution in [0.5, 0.6) is 0 Å². The zero-order chi connectivity index (χ0) is 9.31. The van der Waals surface area contributed by atoms with Gasteiger partial charge in [-0.25, -0.2) is 8.78 Å². The zero-order valence-electron chi connectivity index (χ0n) is 7.73. The second-order valence-electron chi connectivity index (χ2n) is 4.21. The van der Waals surface area contributed by atoms with Crippen LogP contribution in [0.25, 0.3) is 0 Å². The lowest BCUT2D eigenvalue weighted by atomic mass is 10.0. The molecule has 0 aromatic carbocycles. The largest absolute Gasteiger partial charge is 0.316 e. The predicted molar refractivity (Wildman–Crippen MR) is 47.0 cm³/mol. The van der Waals surface area contributed by atoms with Crippen LogP contribution in [0.2, 0.25) is 0 Å². The SMILES string of the molecule is FC1(F)CN(CCC2CCNC2)C1. The third-order valence-corrected chi connectivity index (χ3v) is 2.93. The molecule has 2 saturated heterocycles. The number of likely N-dealkylation sites (tertiary alicyclic amines) is 1. The van der Waals surface area contributed by atoms with Crippen molar-refractivity contribution in [1.29, 1.82) is 0 Å². The van der Waals surface area contributed by atoms with Crippen molar-refractivity contribution in [3.63, 3.8) is 0 Å². The van der Waals surface area contributed by atoms with Crippen LogP contribution in [0.3, 0.4) is 0 Å². The second kappa shape index (κ2) is 3.50. The van der Waals surface area contributed by atoms with Gasteiger partial charge < -0.3 is 5.32 Å². The molecule has 1 unspecified atom stereocenters. The first-order chi connectivity index (χ1) is 6.16. The van der Waals surface area contributed by atoms with Gasteiger partial charge in [-0.15, -0.1) is 0 Å². The van der Waals surface area contributed by atoms with Crippen LogP contribution in [-0.2, 0) is 0 Å². The minimum atomic E-state index is -2.39. The quantitative estimate of drug-likeness (QED) is 0.712. The third kappa shape index (κ3) is 2.38. The van der Waals surface area contributed by atoms with E-state index in [1.165, 1.54) is 6.42 Å². The Labute approximate surface area is 77.3 Å². The minimum Gasteiger partial charge on any atom is -0.316 e. The topological polar surface area (TPSA) is 15.3 Å². The van der Waals surface area contributed by atoms with Crippen molar-refractivity contribution < 1.29 is 8.78 Å². The Morgan fingerprint density at radius 1 is 1.38 bits per heavy atom. The van der Waals surface area contributed by atoms with Crippen molar-refractivity contribution in [2.45, 2.75) is 18.8 Å². The van der Waals surface area contributed by atoms with E-state index >= 15 is 0 Å². The number of nitrogens with one attached hydrogen (secondary N) is 1. The van der Waals surface area contributed by atoms with E-state index in [0.29, 0.717) is 5.92 Å². The molecule has 0 bridgehead atoms. The summed E-state index contributed by atoms with van der Waals surface area (Å²) in [5.74, 6) is -1.68. The highest BCUT2D eigenvalue weighted by Gasteiger charge is 2.43. The summed E-state index contributed by atoms with van der Waals surface area (Å²) in [5, 5.41) is 3.28. The normalized spacial score (nSPS) is 33.2. The molecule has 0 saturated carbocycles. The van der Waals surface area contributed by atoms with Crippen LogP contribution < -0.4 is 5.32 Å². The fraction of sp³-hybridized carbons (Fsp3) is 1.00. The molecule has 0 aromatic heterocycles. The highest BCUT2D eigenvalue weighted by molar-refractivity contribution is 4.87. The summed E-state index contributed by atoms with van der Waals surface area (Å²) in [7, 11) is 0. The summed E-state index contributed by atoms with van der Waals surface area (Å²) < 4.78 is 24.9. The number of rotatable bonds is 3. The molecule has 0 aliphatic carbocycles. The van der Waals surface area contributed by atoms with Crippen molar-refractivity contribution in [2.24, 2.45) is 5.92 Å². The molecule has 76 valence electrons. The van der Waals surface area contributed by atoms with Crippen LogP contribution in [0.4, 0.5) is 8.78 Å². The van der Waals surface area contributed by atoms with Gasteiger partial charge in [0.25, 0.3) is 5.92 Å². The summed E-state index contributed by atoms with van der Waals surface area (Å²) in [6, 6.07) is 0. The van der Waals surface area contributed by atoms with Gasteiger partial charge in [0.1, 0.15) is 0 Å². The van der Waals surface area contributed by atoms with Crippen LogP contribution in [-0.4, -0.2) is 43.5 Å². The van der Waals surface area contributed by atoms with Crippen molar-refractivity contribution in [3.05, 3.63) is 0 Å². The van der Waals surface area contributed by atoms with E-state index in [9.17, 15) is 8.78 Å².